The van der Waals surface area contributed by atoms with Crippen LogP contribution in [0.2, 0.25) is 44.3 Å². The molecule has 1 heterocycles. The van der Waals surface area contributed by atoms with Gasteiger partial charge in [-0.25, -0.2) is 0 Å². The number of fused-ring (bicyclic) bond motifs is 1. The predicted octanol–water partition coefficient (Wildman–Crippen LogP) is 5.67. The normalized spacial score (nSPS) is 20.1. The van der Waals surface area contributed by atoms with E-state index in [-0.39, 0.29) is 6.10 Å². The second-order valence-electron chi connectivity index (χ2n) is 7.89. The van der Waals surface area contributed by atoms with Crippen LogP contribution in [-0.2, 0) is 4.43 Å². The van der Waals surface area contributed by atoms with Crippen molar-refractivity contribution in [3.63, 3.8) is 0 Å². The third-order valence-corrected chi connectivity index (χ3v) is 7.09. The van der Waals surface area contributed by atoms with Gasteiger partial charge >= 0.3 is 0 Å². The topological polar surface area (TPSA) is 12.5 Å². The third kappa shape index (κ3) is 4.34. The van der Waals surface area contributed by atoms with Gasteiger partial charge in [-0.05, 0) is 50.7 Å². The van der Waals surface area contributed by atoms with Crippen LogP contribution in [0.25, 0.3) is 0 Å². The molecule has 0 aliphatic carbocycles. The molecule has 118 valence electrons. The van der Waals surface area contributed by atoms with Crippen LogP contribution in [0.3, 0.4) is 0 Å². The van der Waals surface area contributed by atoms with Gasteiger partial charge in [0.25, 0.3) is 0 Å². The summed E-state index contributed by atoms with van der Waals surface area (Å²) in [4.78, 5) is 0. The van der Waals surface area contributed by atoms with Crippen molar-refractivity contribution in [2.75, 3.05) is 11.1 Å². The molecule has 1 unspecified atom stereocenters. The van der Waals surface area contributed by atoms with E-state index in [1.54, 1.807) is 0 Å². The number of anilines is 1. The quantitative estimate of drug-likeness (QED) is 0.657. The van der Waals surface area contributed by atoms with Crippen molar-refractivity contribution in [3.05, 3.63) is 28.8 Å². The van der Waals surface area contributed by atoms with Crippen LogP contribution in [-0.4, -0.2) is 23.1 Å². The Kier molecular flexibility index (Phi) is 4.93. The summed E-state index contributed by atoms with van der Waals surface area (Å²) in [5.74, 6) is 0. The molecule has 2 rings (SSSR count). The molecule has 0 aromatic heterocycles. The molecule has 0 spiro atoms. The van der Waals surface area contributed by atoms with Gasteiger partial charge in [-0.3, -0.25) is 0 Å². The van der Waals surface area contributed by atoms with Gasteiger partial charge in [0.1, 0.15) is 8.24 Å². The van der Waals surface area contributed by atoms with E-state index in [1.165, 1.54) is 17.7 Å². The zero-order valence-corrected chi connectivity index (χ0v) is 16.9. The van der Waals surface area contributed by atoms with E-state index in [9.17, 15) is 0 Å². The minimum atomic E-state index is -1.57. The fourth-order valence-electron chi connectivity index (χ4n) is 2.99. The summed E-state index contributed by atoms with van der Waals surface area (Å²) in [7, 11) is -2.97. The van der Waals surface area contributed by atoms with Crippen molar-refractivity contribution in [1.82, 2.24) is 0 Å². The Morgan fingerprint density at radius 3 is 2.38 bits per heavy atom. The minimum Gasteiger partial charge on any atom is -0.411 e. The molecule has 21 heavy (non-hydrogen) atoms. The number of hydrogen-bond acceptors (Lipinski definition) is 2. The summed E-state index contributed by atoms with van der Waals surface area (Å²) in [6.45, 7) is 15.1. The van der Waals surface area contributed by atoms with E-state index in [0.29, 0.717) is 0 Å². The van der Waals surface area contributed by atoms with Crippen LogP contribution in [0, 0.1) is 0 Å². The molecule has 0 saturated carbocycles. The van der Waals surface area contributed by atoms with Gasteiger partial charge < -0.3 is 8.99 Å². The maximum Gasteiger partial charge on any atom is 0.184 e. The minimum absolute atomic E-state index is 0.201. The Balaban J connectivity index is 2.47. The molecule has 1 aromatic rings. The molecule has 1 aliphatic rings. The predicted molar refractivity (Wildman–Crippen MR) is 98.6 cm³/mol. The largest absolute Gasteiger partial charge is 0.411 e. The van der Waals surface area contributed by atoms with E-state index in [0.717, 1.165) is 18.0 Å². The maximum atomic E-state index is 6.47. The number of benzene rings is 1. The summed E-state index contributed by atoms with van der Waals surface area (Å²) in [5, 5.41) is 0.815. The van der Waals surface area contributed by atoms with Crippen molar-refractivity contribution in [1.29, 1.82) is 0 Å². The molecule has 5 heteroatoms. The van der Waals surface area contributed by atoms with Crippen molar-refractivity contribution in [2.45, 2.75) is 58.2 Å². The monoisotopic (exact) mass is 341 g/mol. The van der Waals surface area contributed by atoms with E-state index in [1.807, 2.05) is 6.07 Å². The highest BCUT2D eigenvalue weighted by molar-refractivity contribution is 6.79. The Morgan fingerprint density at radius 1 is 1.14 bits per heavy atom. The first kappa shape index (κ1) is 17.1. The SMILES string of the molecule is C[Si](C)(C)OC1CCCN([Si](C)(C)C)c2ccc(Cl)cc21. The molecule has 1 atom stereocenters. The lowest BCUT2D eigenvalue weighted by atomic mass is 10.1. The van der Waals surface area contributed by atoms with Gasteiger partial charge in [0.15, 0.2) is 8.32 Å². The Bertz CT molecular complexity index is 508. The van der Waals surface area contributed by atoms with Gasteiger partial charge in [0, 0.05) is 22.8 Å². The van der Waals surface area contributed by atoms with Crippen molar-refractivity contribution in [2.24, 2.45) is 0 Å². The number of nitrogens with zero attached hydrogens (tertiary/aromatic N) is 1. The van der Waals surface area contributed by atoms with Crippen LogP contribution in [0.5, 0.6) is 0 Å². The molecule has 0 saturated heterocycles. The van der Waals surface area contributed by atoms with Crippen molar-refractivity contribution >= 4 is 33.8 Å². The highest BCUT2D eigenvalue weighted by Crippen LogP contribution is 2.40. The van der Waals surface area contributed by atoms with Crippen LogP contribution in [0.15, 0.2) is 18.2 Å². The standard InChI is InChI=1S/C16H28ClNOSi2/c1-20(2,3)18-11-7-8-16(19-21(4,5)6)14-12-13(17)9-10-15(14)18/h9-10,12,16H,7-8,11H2,1-6H3. The second kappa shape index (κ2) is 6.07. The molecule has 1 aromatic carbocycles. The first-order valence-electron chi connectivity index (χ1n) is 7.83. The van der Waals surface area contributed by atoms with E-state index in [2.05, 4.69) is 56.0 Å². The molecular weight excluding hydrogens is 314 g/mol. The maximum absolute atomic E-state index is 6.47. The van der Waals surface area contributed by atoms with Gasteiger partial charge in [-0.15, -0.1) is 0 Å². The lowest BCUT2D eigenvalue weighted by molar-refractivity contribution is 0.188. The molecule has 0 radical (unpaired) electrons. The number of halogens is 1. The van der Waals surface area contributed by atoms with Gasteiger partial charge in [-0.1, -0.05) is 31.2 Å². The zero-order chi connectivity index (χ0) is 15.8. The van der Waals surface area contributed by atoms with Gasteiger partial charge in [0.05, 0.1) is 6.10 Å². The molecule has 0 fully saturated rings. The molecule has 2 nitrogen and oxygen atoms in total. The fraction of sp³-hybridized carbons (Fsp3) is 0.625. The second-order valence-corrected chi connectivity index (χ2v) is 17.7. The lowest BCUT2D eigenvalue weighted by Gasteiger charge is -2.37. The molecule has 1 aliphatic heterocycles. The highest BCUT2D eigenvalue weighted by Gasteiger charge is 2.32. The Hall–Kier alpha value is -0.296. The van der Waals surface area contributed by atoms with Crippen LogP contribution in [0.1, 0.15) is 24.5 Å². The van der Waals surface area contributed by atoms with Gasteiger partial charge in [-0.2, -0.15) is 0 Å². The van der Waals surface area contributed by atoms with Crippen molar-refractivity contribution in [3.8, 4) is 0 Å². The highest BCUT2D eigenvalue weighted by atomic mass is 35.5. The zero-order valence-electron chi connectivity index (χ0n) is 14.2. The molecule has 0 N–H and O–H groups in total. The van der Waals surface area contributed by atoms with Crippen LogP contribution in [0.4, 0.5) is 5.69 Å². The first-order valence-corrected chi connectivity index (χ1v) is 15.1. The summed E-state index contributed by atoms with van der Waals surface area (Å²) in [5.41, 5.74) is 2.64. The molecule has 0 amide bonds. The van der Waals surface area contributed by atoms with Gasteiger partial charge in [0.2, 0.25) is 0 Å². The summed E-state index contributed by atoms with van der Waals surface area (Å²) < 4.78 is 9.10. The average Bonchev–Trinajstić information content (AvgIpc) is 2.47. The summed E-state index contributed by atoms with van der Waals surface area (Å²) in [6.07, 6.45) is 2.48. The lowest BCUT2D eigenvalue weighted by Crippen LogP contribution is -2.46. The Morgan fingerprint density at radius 2 is 1.81 bits per heavy atom. The third-order valence-electron chi connectivity index (χ3n) is 3.78. The summed E-state index contributed by atoms with van der Waals surface area (Å²) >= 11 is 6.28. The fourth-order valence-corrected chi connectivity index (χ4v) is 6.02. The number of hydrogen-bond donors (Lipinski definition) is 0. The summed E-state index contributed by atoms with van der Waals surface area (Å²) in [6, 6.07) is 6.34. The van der Waals surface area contributed by atoms with Crippen molar-refractivity contribution < 1.29 is 4.43 Å². The molecular formula is C16H28ClNOSi2. The number of rotatable bonds is 3. The van der Waals surface area contributed by atoms with E-state index in [4.69, 9.17) is 16.0 Å². The molecule has 0 bridgehead atoms. The van der Waals surface area contributed by atoms with E-state index >= 15 is 0 Å². The average molecular weight is 342 g/mol. The smallest absolute Gasteiger partial charge is 0.184 e. The van der Waals surface area contributed by atoms with Crippen LogP contribution >= 0.6 is 11.6 Å². The Labute approximate surface area is 136 Å². The van der Waals surface area contributed by atoms with Crippen LogP contribution < -0.4 is 4.57 Å². The first-order chi connectivity index (χ1) is 9.58. The van der Waals surface area contributed by atoms with E-state index < -0.39 is 16.6 Å².